The van der Waals surface area contributed by atoms with Gasteiger partial charge in [0.1, 0.15) is 12.4 Å². The van der Waals surface area contributed by atoms with E-state index in [-0.39, 0.29) is 11.8 Å². The lowest BCUT2D eigenvalue weighted by Crippen LogP contribution is -2.32. The smallest absolute Gasteiger partial charge is 0.231 e. The van der Waals surface area contributed by atoms with E-state index in [2.05, 4.69) is 5.32 Å². The zero-order valence-corrected chi connectivity index (χ0v) is 11.4. The maximum Gasteiger partial charge on any atom is 0.231 e. The number of aryl methyl sites for hydroxylation is 1. The number of para-hydroxylation sites is 1. The van der Waals surface area contributed by atoms with Crippen LogP contribution in [0.3, 0.4) is 0 Å². The predicted molar refractivity (Wildman–Crippen MR) is 78.9 cm³/mol. The van der Waals surface area contributed by atoms with Gasteiger partial charge in [-0.2, -0.15) is 0 Å². The molecule has 0 spiro atoms. The van der Waals surface area contributed by atoms with Crippen molar-refractivity contribution in [2.24, 2.45) is 5.92 Å². The van der Waals surface area contributed by atoms with E-state index in [1.54, 1.807) is 0 Å². The fraction of sp³-hybridized carbons (Fsp3) is 0.235. The highest BCUT2D eigenvalue weighted by Crippen LogP contribution is 2.27. The molecule has 0 fully saturated rings. The molecule has 2 aromatic rings. The van der Waals surface area contributed by atoms with E-state index in [9.17, 15) is 4.79 Å². The first kappa shape index (κ1) is 12.7. The van der Waals surface area contributed by atoms with E-state index in [4.69, 9.17) is 4.74 Å². The summed E-state index contributed by atoms with van der Waals surface area (Å²) in [7, 11) is 0. The van der Waals surface area contributed by atoms with E-state index in [1.165, 1.54) is 0 Å². The summed E-state index contributed by atoms with van der Waals surface area (Å²) in [5.74, 6) is 0.780. The van der Waals surface area contributed by atoms with Gasteiger partial charge in [-0.15, -0.1) is 0 Å². The first-order valence-corrected chi connectivity index (χ1v) is 6.80. The minimum Gasteiger partial charge on any atom is -0.492 e. The molecule has 1 aliphatic rings. The van der Waals surface area contributed by atoms with Crippen molar-refractivity contribution in [3.63, 3.8) is 0 Å². The van der Waals surface area contributed by atoms with Crippen molar-refractivity contribution in [1.82, 2.24) is 0 Å². The molecule has 0 radical (unpaired) electrons. The lowest BCUT2D eigenvalue weighted by atomic mass is 9.96. The maximum atomic E-state index is 12.3. The molecule has 1 atom stereocenters. The van der Waals surface area contributed by atoms with Crippen LogP contribution in [0.25, 0.3) is 0 Å². The summed E-state index contributed by atoms with van der Waals surface area (Å²) < 4.78 is 5.66. The number of hydrogen-bond donors (Lipinski definition) is 1. The van der Waals surface area contributed by atoms with E-state index in [0.29, 0.717) is 6.61 Å². The van der Waals surface area contributed by atoms with Crippen molar-refractivity contribution >= 4 is 11.6 Å². The molecule has 0 bridgehead atoms. The molecular formula is C17H17NO2. The third-order valence-corrected chi connectivity index (χ3v) is 3.54. The van der Waals surface area contributed by atoms with Gasteiger partial charge in [-0.25, -0.2) is 0 Å². The highest BCUT2D eigenvalue weighted by Gasteiger charge is 2.25. The quantitative estimate of drug-likeness (QED) is 0.907. The Morgan fingerprint density at radius 2 is 2.05 bits per heavy atom. The molecule has 0 saturated carbocycles. The summed E-state index contributed by atoms with van der Waals surface area (Å²) in [6.45, 7) is 2.45. The average molecular weight is 267 g/mol. The molecule has 20 heavy (non-hydrogen) atoms. The topological polar surface area (TPSA) is 38.3 Å². The highest BCUT2D eigenvalue weighted by molar-refractivity contribution is 5.93. The molecule has 1 N–H and O–H groups in total. The second-order valence-electron chi connectivity index (χ2n) is 5.18. The molecule has 3 rings (SSSR count). The molecule has 0 saturated heterocycles. The van der Waals surface area contributed by atoms with Gasteiger partial charge in [-0.05, 0) is 42.7 Å². The minimum absolute atomic E-state index is 0.0186. The lowest BCUT2D eigenvalue weighted by Gasteiger charge is -2.24. The van der Waals surface area contributed by atoms with Crippen LogP contribution in [0.5, 0.6) is 5.75 Å². The molecule has 2 aromatic carbocycles. The number of amides is 1. The van der Waals surface area contributed by atoms with Crippen LogP contribution in [0, 0.1) is 12.8 Å². The molecule has 0 aliphatic carbocycles. The van der Waals surface area contributed by atoms with Crippen molar-refractivity contribution in [3.05, 3.63) is 59.7 Å². The summed E-state index contributed by atoms with van der Waals surface area (Å²) >= 11 is 0. The fourth-order valence-corrected chi connectivity index (χ4v) is 2.46. The summed E-state index contributed by atoms with van der Waals surface area (Å²) in [6.07, 6.45) is 0.730. The third kappa shape index (κ3) is 2.67. The Labute approximate surface area is 118 Å². The predicted octanol–water partition coefficient (Wildman–Crippen LogP) is 3.18. The fourth-order valence-electron chi connectivity index (χ4n) is 2.46. The Morgan fingerprint density at radius 1 is 1.20 bits per heavy atom. The van der Waals surface area contributed by atoms with Gasteiger partial charge >= 0.3 is 0 Å². The number of anilines is 1. The van der Waals surface area contributed by atoms with Gasteiger partial charge in [0.25, 0.3) is 0 Å². The van der Waals surface area contributed by atoms with Crippen LogP contribution < -0.4 is 10.1 Å². The Balaban J connectivity index is 1.70. The monoisotopic (exact) mass is 267 g/mol. The van der Waals surface area contributed by atoms with E-state index in [0.717, 1.165) is 29.0 Å². The van der Waals surface area contributed by atoms with Crippen LogP contribution >= 0.6 is 0 Å². The number of carbonyl (C=O) groups excluding carboxylic acids is 1. The van der Waals surface area contributed by atoms with Crippen molar-refractivity contribution in [3.8, 4) is 5.75 Å². The van der Waals surface area contributed by atoms with Crippen LogP contribution in [0.1, 0.15) is 11.1 Å². The van der Waals surface area contributed by atoms with Crippen LogP contribution in [0.15, 0.2) is 48.5 Å². The van der Waals surface area contributed by atoms with Crippen LogP contribution in [0.2, 0.25) is 0 Å². The van der Waals surface area contributed by atoms with E-state index in [1.807, 2.05) is 55.5 Å². The van der Waals surface area contributed by atoms with E-state index >= 15 is 0 Å². The van der Waals surface area contributed by atoms with Gasteiger partial charge in [0.05, 0.1) is 5.92 Å². The number of nitrogens with one attached hydrogen (secondary N) is 1. The number of rotatable bonds is 2. The number of benzene rings is 2. The van der Waals surface area contributed by atoms with Gasteiger partial charge in [0.15, 0.2) is 0 Å². The van der Waals surface area contributed by atoms with Gasteiger partial charge in [0.2, 0.25) is 5.91 Å². The van der Waals surface area contributed by atoms with E-state index < -0.39 is 0 Å². The highest BCUT2D eigenvalue weighted by atomic mass is 16.5. The Kier molecular flexibility index (Phi) is 3.42. The van der Waals surface area contributed by atoms with Crippen molar-refractivity contribution in [2.45, 2.75) is 13.3 Å². The van der Waals surface area contributed by atoms with Crippen LogP contribution in [0.4, 0.5) is 5.69 Å². The molecule has 1 amide bonds. The third-order valence-electron chi connectivity index (χ3n) is 3.54. The molecule has 3 heteroatoms. The number of ether oxygens (including phenoxy) is 1. The molecule has 0 unspecified atom stereocenters. The Hall–Kier alpha value is -2.29. The van der Waals surface area contributed by atoms with Gasteiger partial charge < -0.3 is 10.1 Å². The minimum atomic E-state index is -0.134. The Bertz CT molecular complexity index is 636. The standard InChI is InChI=1S/C17H17NO2/c1-12-5-4-7-15(9-12)18-17(19)14-10-13-6-2-3-8-16(13)20-11-14/h2-9,14H,10-11H2,1H3,(H,18,19)/t14-/m1/s1. The van der Waals surface area contributed by atoms with Crippen molar-refractivity contribution in [1.29, 1.82) is 0 Å². The summed E-state index contributed by atoms with van der Waals surface area (Å²) in [5, 5.41) is 2.96. The van der Waals surface area contributed by atoms with Gasteiger partial charge in [0, 0.05) is 5.69 Å². The number of hydrogen-bond acceptors (Lipinski definition) is 2. The average Bonchev–Trinajstić information content (AvgIpc) is 2.47. The molecular weight excluding hydrogens is 250 g/mol. The first-order valence-electron chi connectivity index (χ1n) is 6.80. The van der Waals surface area contributed by atoms with Crippen LogP contribution in [-0.2, 0) is 11.2 Å². The lowest BCUT2D eigenvalue weighted by molar-refractivity contribution is -0.121. The summed E-state index contributed by atoms with van der Waals surface area (Å²) in [5.41, 5.74) is 3.07. The van der Waals surface area contributed by atoms with Crippen molar-refractivity contribution in [2.75, 3.05) is 11.9 Å². The van der Waals surface area contributed by atoms with Crippen LogP contribution in [-0.4, -0.2) is 12.5 Å². The zero-order chi connectivity index (χ0) is 13.9. The second-order valence-corrected chi connectivity index (χ2v) is 5.18. The normalized spacial score (nSPS) is 16.9. The molecule has 0 aromatic heterocycles. The number of carbonyl (C=O) groups is 1. The van der Waals surface area contributed by atoms with Gasteiger partial charge in [-0.3, -0.25) is 4.79 Å². The molecule has 102 valence electrons. The molecule has 1 heterocycles. The second kappa shape index (κ2) is 5.37. The first-order chi connectivity index (χ1) is 9.72. The SMILES string of the molecule is Cc1cccc(NC(=O)[C@H]2COc3ccccc3C2)c1. The zero-order valence-electron chi connectivity index (χ0n) is 11.4. The summed E-state index contributed by atoms with van der Waals surface area (Å²) in [6, 6.07) is 15.7. The maximum absolute atomic E-state index is 12.3. The molecule has 3 nitrogen and oxygen atoms in total. The van der Waals surface area contributed by atoms with Crippen molar-refractivity contribution < 1.29 is 9.53 Å². The largest absolute Gasteiger partial charge is 0.492 e. The molecule has 1 aliphatic heterocycles. The Morgan fingerprint density at radius 3 is 2.90 bits per heavy atom. The van der Waals surface area contributed by atoms with Gasteiger partial charge in [-0.1, -0.05) is 30.3 Å². The number of fused-ring (bicyclic) bond motifs is 1. The summed E-state index contributed by atoms with van der Waals surface area (Å²) in [4.78, 5) is 12.3.